The molecule has 4 aliphatic carbocycles. The summed E-state index contributed by atoms with van der Waals surface area (Å²) in [4.78, 5) is 58.8. The molecule has 1 saturated heterocycles. The maximum Gasteiger partial charge on any atom is 1.00 e. The summed E-state index contributed by atoms with van der Waals surface area (Å²) in [6.45, 7) is 10.2. The Labute approximate surface area is 435 Å². The van der Waals surface area contributed by atoms with Crippen LogP contribution in [0.5, 0.6) is 0 Å². The Bertz CT molecular complexity index is 2530. The van der Waals surface area contributed by atoms with E-state index in [1.165, 1.54) is 47.8 Å². The minimum Gasteiger partial charge on any atom is -1.00 e. The molecular weight excluding hydrogens is 998 g/mol. The molecule has 5 aliphatic rings. The van der Waals surface area contributed by atoms with Crippen LogP contribution in [-0.2, 0) is 56.2 Å². The van der Waals surface area contributed by atoms with Crippen molar-refractivity contribution in [2.24, 2.45) is 23.7 Å². The van der Waals surface area contributed by atoms with Crippen LogP contribution in [0.25, 0.3) is 0 Å². The largest absolute Gasteiger partial charge is 1.00 e. The number of halogens is 6. The normalized spacial score (nSPS) is 20.8. The summed E-state index contributed by atoms with van der Waals surface area (Å²) >= 11 is 0. The molecular formula is C47H63F6N4NaO11S2. The number of ketones is 4. The van der Waals surface area contributed by atoms with Gasteiger partial charge in [-0.2, -0.15) is 26.3 Å². The number of carbonyl (C=O) groups excluding carboxylic acids is 4. The molecule has 4 unspecified atom stereocenters. The molecule has 392 valence electrons. The standard InChI is InChI=1S/C21H25F3N2O5S.C17H16F3NO2.C5H13NO3S.C4H8O.Na.H/c1-4-32(29,30)26(9-10-31-3)18-13-5-6-14(11-13)19(27)17(18)20(28)15-7-8-16(21(22,23)24)25-12(15)2;1-8-10-3-4-11(7-10)15(22)14(8)16(23)12-5-6-13(17(18,19)20)21-9(12)2;1-3-10(7,8)6-4-5-9-2;1-2-4-5-3-1;;/h7-8,13-14H,4-6,9-11H2,1-3H3;5-6,10-11H,3-4,7H2,1-2H3;6H,3-5H2,1-2H3;1-4H2;;/q;;;;+1;-1. The number of carbonyl (C=O) groups is 4. The Hall–Kier alpha value is -3.42. The monoisotopic (exact) mass is 1060 g/mol. The smallest absolute Gasteiger partial charge is 1.00 e. The number of pyridine rings is 2. The molecule has 1 aliphatic heterocycles. The van der Waals surface area contributed by atoms with Crippen LogP contribution in [0.4, 0.5) is 26.3 Å². The number of nitrogens with one attached hydrogen (secondary N) is 1. The van der Waals surface area contributed by atoms with E-state index in [9.17, 15) is 62.4 Å². The van der Waals surface area contributed by atoms with Crippen molar-refractivity contribution in [3.63, 3.8) is 0 Å². The summed E-state index contributed by atoms with van der Waals surface area (Å²) in [6.07, 6.45) is -2.70. The topological polar surface area (TPSA) is 205 Å². The molecule has 0 radical (unpaired) electrons. The minimum atomic E-state index is -4.68. The molecule has 3 heterocycles. The van der Waals surface area contributed by atoms with E-state index in [0.29, 0.717) is 38.5 Å². The summed E-state index contributed by atoms with van der Waals surface area (Å²) in [5, 5.41) is 0. The van der Waals surface area contributed by atoms with Crippen molar-refractivity contribution in [1.82, 2.24) is 19.0 Å². The quantitative estimate of drug-likeness (QED) is 0.0857. The van der Waals surface area contributed by atoms with Crippen molar-refractivity contribution < 1.29 is 108 Å². The first-order valence-corrected chi connectivity index (χ1v) is 26.3. The second-order valence-corrected chi connectivity index (χ2v) is 21.6. The number of ether oxygens (including phenoxy) is 3. The van der Waals surface area contributed by atoms with E-state index < -0.39 is 67.1 Å². The number of hydrogen-bond donors (Lipinski definition) is 1. The van der Waals surface area contributed by atoms with E-state index in [2.05, 4.69) is 19.4 Å². The molecule has 2 aromatic heterocycles. The fourth-order valence-corrected chi connectivity index (χ4v) is 10.7. The number of aryl methyl sites for hydroxylation is 2. The van der Waals surface area contributed by atoms with Gasteiger partial charge in [0.05, 0.1) is 42.4 Å². The summed E-state index contributed by atoms with van der Waals surface area (Å²) in [6, 6.07) is 3.60. The zero-order valence-corrected chi connectivity index (χ0v) is 45.0. The molecule has 7 rings (SSSR count). The van der Waals surface area contributed by atoms with Gasteiger partial charge >= 0.3 is 41.9 Å². The van der Waals surface area contributed by atoms with Crippen LogP contribution < -0.4 is 34.3 Å². The molecule has 4 atom stereocenters. The van der Waals surface area contributed by atoms with Crippen molar-refractivity contribution in [3.05, 3.63) is 80.6 Å². The number of fused-ring (bicyclic) bond motifs is 4. The average molecular weight is 1060 g/mol. The maximum absolute atomic E-state index is 13.5. The number of aromatic nitrogens is 2. The fraction of sp³-hybridized carbons (Fsp3) is 0.617. The van der Waals surface area contributed by atoms with Crippen molar-refractivity contribution >= 4 is 43.2 Å². The van der Waals surface area contributed by atoms with Crippen LogP contribution in [0.2, 0.25) is 0 Å². The summed E-state index contributed by atoms with van der Waals surface area (Å²) in [5.41, 5.74) is -1.64. The van der Waals surface area contributed by atoms with Gasteiger partial charge in [0.25, 0.3) is 0 Å². The molecule has 0 spiro atoms. The van der Waals surface area contributed by atoms with Gasteiger partial charge in [0.2, 0.25) is 20.0 Å². The van der Waals surface area contributed by atoms with Gasteiger partial charge in [-0.05, 0) is 116 Å². The van der Waals surface area contributed by atoms with Gasteiger partial charge in [-0.1, -0.05) is 5.57 Å². The first-order valence-electron chi connectivity index (χ1n) is 23.0. The molecule has 2 saturated carbocycles. The predicted octanol–water partition coefficient (Wildman–Crippen LogP) is 4.54. The second-order valence-electron chi connectivity index (χ2n) is 17.3. The second kappa shape index (κ2) is 26.7. The SMILES string of the molecule is C1CCOC1.CC1=C(C(=O)c2ccc(C(F)(F)F)nc2C)C(=O)C2CCC1C2.CCS(=O)(=O)N(CCOC)C1=C(C(=O)c2ccc(C(F)(F)F)nc2C)C(=O)C2CCC1C2.CCS(=O)(=O)NCCOC.[H-].[Na+]. The van der Waals surface area contributed by atoms with E-state index in [1.807, 2.05) is 0 Å². The molecule has 1 N–H and O–H groups in total. The van der Waals surface area contributed by atoms with Gasteiger partial charge in [-0.3, -0.25) is 23.5 Å². The van der Waals surface area contributed by atoms with Crippen LogP contribution in [0.15, 0.2) is 46.7 Å². The number of Topliss-reactive ketones (excluding diaryl/α,β-unsaturated/α-hetero) is 4. The molecule has 71 heavy (non-hydrogen) atoms. The number of sulfonamides is 2. The van der Waals surface area contributed by atoms with Gasteiger partial charge in [0, 0.05) is 79.9 Å². The van der Waals surface area contributed by atoms with Crippen molar-refractivity contribution in [1.29, 1.82) is 0 Å². The summed E-state index contributed by atoms with van der Waals surface area (Å²) in [5.74, 6) is -2.64. The first kappa shape index (κ1) is 61.9. The Morgan fingerprint density at radius 3 is 1.59 bits per heavy atom. The zero-order valence-electron chi connectivity index (χ0n) is 42.3. The Balaban J connectivity index is 0.000000384. The number of hydrogen-bond acceptors (Lipinski definition) is 13. The van der Waals surface area contributed by atoms with Crippen LogP contribution in [-0.4, -0.2) is 119 Å². The van der Waals surface area contributed by atoms with E-state index in [-0.39, 0.29) is 119 Å². The van der Waals surface area contributed by atoms with E-state index in [4.69, 9.17) is 9.47 Å². The number of rotatable bonds is 15. The Morgan fingerprint density at radius 1 is 0.718 bits per heavy atom. The van der Waals surface area contributed by atoms with E-state index in [0.717, 1.165) is 60.6 Å². The van der Waals surface area contributed by atoms with Crippen LogP contribution in [0.1, 0.15) is 117 Å². The van der Waals surface area contributed by atoms with E-state index >= 15 is 0 Å². The first-order chi connectivity index (χ1) is 32.7. The Morgan fingerprint density at radius 2 is 1.17 bits per heavy atom. The van der Waals surface area contributed by atoms with Gasteiger partial charge in [0.15, 0.2) is 23.1 Å². The fourth-order valence-electron chi connectivity index (χ4n) is 8.90. The molecule has 3 fully saturated rings. The molecule has 15 nitrogen and oxygen atoms in total. The predicted molar refractivity (Wildman–Crippen MR) is 247 cm³/mol. The third-order valence-corrected chi connectivity index (χ3v) is 15.9. The zero-order chi connectivity index (χ0) is 52.4. The number of allylic oxidation sites excluding steroid dienone is 4. The van der Waals surface area contributed by atoms with Gasteiger partial charge < -0.3 is 15.6 Å². The van der Waals surface area contributed by atoms with Gasteiger partial charge in [-0.15, -0.1) is 0 Å². The maximum atomic E-state index is 13.5. The van der Waals surface area contributed by atoms with Crippen molar-refractivity contribution in [2.75, 3.05) is 65.2 Å². The Kier molecular flexibility index (Phi) is 23.3. The number of methoxy groups -OCH3 is 2. The van der Waals surface area contributed by atoms with Gasteiger partial charge in [0.1, 0.15) is 11.4 Å². The molecule has 24 heteroatoms. The number of alkyl halides is 6. The average Bonchev–Trinajstić information content (AvgIpc) is 4.12. The molecule has 0 aromatic carbocycles. The van der Waals surface area contributed by atoms with E-state index in [1.54, 1.807) is 13.8 Å². The van der Waals surface area contributed by atoms with Crippen LogP contribution in [0, 0.1) is 37.5 Å². The van der Waals surface area contributed by atoms with Crippen molar-refractivity contribution in [2.45, 2.75) is 98.3 Å². The summed E-state index contributed by atoms with van der Waals surface area (Å²) < 4.78 is 142. The third-order valence-electron chi connectivity index (χ3n) is 12.7. The third kappa shape index (κ3) is 16.0. The van der Waals surface area contributed by atoms with Crippen LogP contribution >= 0.6 is 0 Å². The van der Waals surface area contributed by atoms with Crippen LogP contribution in [0.3, 0.4) is 0 Å². The molecule has 2 aromatic rings. The number of nitrogens with zero attached hydrogens (tertiary/aromatic N) is 3. The molecule has 0 amide bonds. The van der Waals surface area contributed by atoms with Gasteiger partial charge in [-0.25, -0.2) is 31.5 Å². The minimum absolute atomic E-state index is 0. The molecule has 4 bridgehead atoms. The summed E-state index contributed by atoms with van der Waals surface area (Å²) in [7, 11) is -3.92. The van der Waals surface area contributed by atoms with Crippen molar-refractivity contribution in [3.8, 4) is 0 Å².